The molecule has 0 atom stereocenters. The maximum atomic E-state index is 14.0. The van der Waals surface area contributed by atoms with Crippen LogP contribution < -0.4 is 10.6 Å². The van der Waals surface area contributed by atoms with Gasteiger partial charge in [-0.25, -0.2) is 17.8 Å². The number of aliphatic imine (C=N–C) groups is 1. The van der Waals surface area contributed by atoms with Crippen LogP contribution in [0.25, 0.3) is 0 Å². The highest BCUT2D eigenvalue weighted by Crippen LogP contribution is 2.17. The Morgan fingerprint density at radius 3 is 2.54 bits per heavy atom. The van der Waals surface area contributed by atoms with E-state index in [1.54, 1.807) is 37.3 Å². The van der Waals surface area contributed by atoms with Gasteiger partial charge in [-0.1, -0.05) is 18.2 Å². The Labute approximate surface area is 165 Å². The summed E-state index contributed by atoms with van der Waals surface area (Å²) < 4.78 is 37.4. The third-order valence-corrected chi connectivity index (χ3v) is 5.29. The van der Waals surface area contributed by atoms with Gasteiger partial charge >= 0.3 is 0 Å². The van der Waals surface area contributed by atoms with Crippen LogP contribution in [0.1, 0.15) is 29.2 Å². The summed E-state index contributed by atoms with van der Waals surface area (Å²) in [6, 6.07) is 11.4. The summed E-state index contributed by atoms with van der Waals surface area (Å²) in [4.78, 5) is 4.77. The molecular formula is C20H23FN4O2S. The molecule has 148 valence electrons. The molecule has 0 bridgehead atoms. The lowest BCUT2D eigenvalue weighted by Crippen LogP contribution is -2.37. The summed E-state index contributed by atoms with van der Waals surface area (Å²) in [6.07, 6.45) is 1.18. The van der Waals surface area contributed by atoms with Crippen molar-refractivity contribution in [1.29, 1.82) is 5.26 Å². The van der Waals surface area contributed by atoms with Crippen LogP contribution in [0.15, 0.2) is 46.3 Å². The Balaban J connectivity index is 2.10. The number of benzene rings is 2. The van der Waals surface area contributed by atoms with Gasteiger partial charge in [-0.05, 0) is 43.2 Å². The normalized spacial score (nSPS) is 11.8. The second-order valence-corrected chi connectivity index (χ2v) is 8.32. The standard InChI is InChI=1S/C20H23FN4O2S/c1-4-23-20(25-13-17-7-5-15(11-22)10-18(17)21)24-12-16-6-8-19(14(2)9-16)28(3,26)27/h5-10H,4,12-13H2,1-3H3,(H2,23,24,25). The van der Waals surface area contributed by atoms with Crippen molar-refractivity contribution in [2.45, 2.75) is 31.8 Å². The predicted molar refractivity (Wildman–Crippen MR) is 107 cm³/mol. The second-order valence-electron chi connectivity index (χ2n) is 6.34. The molecule has 0 radical (unpaired) electrons. The number of rotatable bonds is 6. The first kappa shape index (κ1) is 21.4. The van der Waals surface area contributed by atoms with E-state index in [2.05, 4.69) is 15.6 Å². The predicted octanol–water partition coefficient (Wildman–Crippen LogP) is 2.66. The lowest BCUT2D eigenvalue weighted by atomic mass is 10.1. The van der Waals surface area contributed by atoms with E-state index in [0.717, 1.165) is 5.56 Å². The molecule has 0 unspecified atom stereocenters. The SMILES string of the molecule is CCNC(=NCc1ccc(S(C)(=O)=O)c(C)c1)NCc1ccc(C#N)cc1F. The summed E-state index contributed by atoms with van der Waals surface area (Å²) in [5, 5.41) is 14.9. The third kappa shape index (κ3) is 5.79. The molecule has 0 saturated heterocycles. The molecule has 0 aromatic heterocycles. The molecule has 0 saturated carbocycles. The third-order valence-electron chi connectivity index (χ3n) is 4.03. The molecule has 0 heterocycles. The monoisotopic (exact) mass is 402 g/mol. The summed E-state index contributed by atoms with van der Waals surface area (Å²) in [5.74, 6) is 0.0606. The van der Waals surface area contributed by atoms with Crippen molar-refractivity contribution in [3.8, 4) is 6.07 Å². The molecular weight excluding hydrogens is 379 g/mol. The van der Waals surface area contributed by atoms with Gasteiger partial charge in [-0.2, -0.15) is 5.26 Å². The van der Waals surface area contributed by atoms with Gasteiger partial charge in [0.1, 0.15) is 5.82 Å². The Morgan fingerprint density at radius 1 is 1.21 bits per heavy atom. The van der Waals surface area contributed by atoms with Crippen molar-refractivity contribution < 1.29 is 12.8 Å². The lowest BCUT2D eigenvalue weighted by Gasteiger charge is -2.12. The number of guanidine groups is 1. The van der Waals surface area contributed by atoms with Crippen LogP contribution in [0.4, 0.5) is 4.39 Å². The summed E-state index contributed by atoms with van der Waals surface area (Å²) in [5.41, 5.74) is 2.24. The Kier molecular flexibility index (Phi) is 7.12. The molecule has 8 heteroatoms. The molecule has 0 aliphatic rings. The van der Waals surface area contributed by atoms with Crippen LogP contribution in [-0.4, -0.2) is 27.2 Å². The van der Waals surface area contributed by atoms with Crippen molar-refractivity contribution in [1.82, 2.24) is 10.6 Å². The van der Waals surface area contributed by atoms with Crippen molar-refractivity contribution in [3.05, 3.63) is 64.5 Å². The summed E-state index contributed by atoms with van der Waals surface area (Å²) in [6.45, 7) is 4.87. The fourth-order valence-corrected chi connectivity index (χ4v) is 3.64. The van der Waals surface area contributed by atoms with E-state index in [4.69, 9.17) is 5.26 Å². The fraction of sp³-hybridized carbons (Fsp3) is 0.300. The minimum atomic E-state index is -3.25. The van der Waals surface area contributed by atoms with Gasteiger partial charge < -0.3 is 10.6 Å². The number of sulfone groups is 1. The molecule has 0 amide bonds. The zero-order chi connectivity index (χ0) is 20.7. The summed E-state index contributed by atoms with van der Waals surface area (Å²) >= 11 is 0. The van der Waals surface area contributed by atoms with E-state index in [9.17, 15) is 12.8 Å². The maximum absolute atomic E-state index is 14.0. The Morgan fingerprint density at radius 2 is 1.96 bits per heavy atom. The number of aryl methyl sites for hydroxylation is 1. The van der Waals surface area contributed by atoms with Crippen LogP contribution in [0.3, 0.4) is 0 Å². The van der Waals surface area contributed by atoms with E-state index in [1.807, 2.05) is 13.0 Å². The molecule has 28 heavy (non-hydrogen) atoms. The molecule has 2 aromatic rings. The topological polar surface area (TPSA) is 94.3 Å². The van der Waals surface area contributed by atoms with Crippen molar-refractivity contribution in [2.75, 3.05) is 12.8 Å². The number of nitrogens with zero attached hydrogens (tertiary/aromatic N) is 2. The van der Waals surface area contributed by atoms with Gasteiger partial charge in [0.2, 0.25) is 0 Å². The Bertz CT molecular complexity index is 1030. The fourth-order valence-electron chi connectivity index (χ4n) is 2.68. The van der Waals surface area contributed by atoms with Gasteiger partial charge in [0.05, 0.1) is 23.1 Å². The van der Waals surface area contributed by atoms with Crippen LogP contribution in [-0.2, 0) is 22.9 Å². The number of hydrogen-bond donors (Lipinski definition) is 2. The zero-order valence-corrected chi connectivity index (χ0v) is 16.9. The first-order valence-electron chi connectivity index (χ1n) is 8.75. The molecule has 0 fully saturated rings. The summed E-state index contributed by atoms with van der Waals surface area (Å²) in [7, 11) is -3.25. The first-order valence-corrected chi connectivity index (χ1v) is 10.6. The van der Waals surface area contributed by atoms with E-state index in [0.29, 0.717) is 35.1 Å². The van der Waals surface area contributed by atoms with Gasteiger partial charge in [0.25, 0.3) is 0 Å². The number of hydrogen-bond acceptors (Lipinski definition) is 4. The molecule has 0 aliphatic carbocycles. The van der Waals surface area contributed by atoms with Crippen LogP contribution in [0, 0.1) is 24.1 Å². The molecule has 2 aromatic carbocycles. The highest BCUT2D eigenvalue weighted by Gasteiger charge is 2.11. The molecule has 2 rings (SSSR count). The van der Waals surface area contributed by atoms with Crippen LogP contribution in [0.2, 0.25) is 0 Å². The smallest absolute Gasteiger partial charge is 0.191 e. The second kappa shape index (κ2) is 9.33. The average molecular weight is 402 g/mol. The quantitative estimate of drug-likeness (QED) is 0.572. The maximum Gasteiger partial charge on any atom is 0.191 e. The average Bonchev–Trinajstić information content (AvgIpc) is 2.63. The van der Waals surface area contributed by atoms with Crippen molar-refractivity contribution in [3.63, 3.8) is 0 Å². The largest absolute Gasteiger partial charge is 0.357 e. The number of nitriles is 1. The molecule has 0 spiro atoms. The lowest BCUT2D eigenvalue weighted by molar-refractivity contribution is 0.601. The highest BCUT2D eigenvalue weighted by atomic mass is 32.2. The van der Waals surface area contributed by atoms with E-state index in [1.165, 1.54) is 12.3 Å². The van der Waals surface area contributed by atoms with Crippen molar-refractivity contribution in [2.24, 2.45) is 4.99 Å². The van der Waals surface area contributed by atoms with Gasteiger partial charge in [-0.15, -0.1) is 0 Å². The molecule has 6 nitrogen and oxygen atoms in total. The Hall–Kier alpha value is -2.92. The molecule has 2 N–H and O–H groups in total. The van der Waals surface area contributed by atoms with E-state index < -0.39 is 15.7 Å². The van der Waals surface area contributed by atoms with Crippen LogP contribution in [0.5, 0.6) is 0 Å². The highest BCUT2D eigenvalue weighted by molar-refractivity contribution is 7.90. The zero-order valence-electron chi connectivity index (χ0n) is 16.1. The first-order chi connectivity index (χ1) is 13.2. The molecule has 0 aliphatic heterocycles. The van der Waals surface area contributed by atoms with Crippen molar-refractivity contribution >= 4 is 15.8 Å². The minimum Gasteiger partial charge on any atom is -0.357 e. The van der Waals surface area contributed by atoms with E-state index in [-0.39, 0.29) is 12.1 Å². The van der Waals surface area contributed by atoms with Gasteiger partial charge in [0.15, 0.2) is 15.8 Å². The van der Waals surface area contributed by atoms with Crippen LogP contribution >= 0.6 is 0 Å². The minimum absolute atomic E-state index is 0.218. The van der Waals surface area contributed by atoms with Gasteiger partial charge in [0, 0.05) is 24.9 Å². The van der Waals surface area contributed by atoms with Gasteiger partial charge in [-0.3, -0.25) is 0 Å². The number of nitrogens with one attached hydrogen (secondary N) is 2. The van der Waals surface area contributed by atoms with E-state index >= 15 is 0 Å². The number of halogens is 1.